The Hall–Kier alpha value is -4.24. The summed E-state index contributed by atoms with van der Waals surface area (Å²) >= 11 is 0. The molecule has 3 heterocycles. The highest BCUT2D eigenvalue weighted by atomic mass is 16.5. The molecule has 0 radical (unpaired) electrons. The number of hydrogen-bond acceptors (Lipinski definition) is 6. The van der Waals surface area contributed by atoms with Gasteiger partial charge in [0, 0.05) is 56.0 Å². The fourth-order valence-electron chi connectivity index (χ4n) is 5.29. The second kappa shape index (κ2) is 11.2. The van der Waals surface area contributed by atoms with Gasteiger partial charge in [-0.2, -0.15) is 0 Å². The van der Waals surface area contributed by atoms with Crippen molar-refractivity contribution in [1.82, 2.24) is 20.1 Å². The van der Waals surface area contributed by atoms with Crippen LogP contribution < -0.4 is 10.1 Å². The Bertz CT molecular complexity index is 1350. The number of carbonyl (C=O) groups excluding carboxylic acids is 3. The third kappa shape index (κ3) is 5.49. The predicted octanol–water partition coefficient (Wildman–Crippen LogP) is 3.19. The maximum Gasteiger partial charge on any atom is 0.256 e. The van der Waals surface area contributed by atoms with Crippen molar-refractivity contribution in [2.45, 2.75) is 38.1 Å². The molecule has 2 aromatic carbocycles. The topological polar surface area (TPSA) is 101 Å². The summed E-state index contributed by atoms with van der Waals surface area (Å²) < 4.78 is 11.6. The third-order valence-corrected chi connectivity index (χ3v) is 7.39. The molecule has 9 nitrogen and oxygen atoms in total. The smallest absolute Gasteiger partial charge is 0.256 e. The number of benzene rings is 2. The zero-order chi connectivity index (χ0) is 27.4. The van der Waals surface area contributed by atoms with E-state index < -0.39 is 11.8 Å². The van der Waals surface area contributed by atoms with E-state index in [1.165, 1.54) is 0 Å². The van der Waals surface area contributed by atoms with Crippen LogP contribution in [0.5, 0.6) is 5.75 Å². The molecule has 39 heavy (non-hydrogen) atoms. The van der Waals surface area contributed by atoms with Crippen molar-refractivity contribution in [2.75, 3.05) is 26.8 Å². The highest BCUT2D eigenvalue weighted by Crippen LogP contribution is 2.39. The summed E-state index contributed by atoms with van der Waals surface area (Å²) in [7, 11) is 1.56. The highest BCUT2D eigenvalue weighted by molar-refractivity contribution is 5.99. The number of hydrogen-bond donors (Lipinski definition) is 1. The molecule has 9 heteroatoms. The molecule has 1 N–H and O–H groups in total. The van der Waals surface area contributed by atoms with Crippen molar-refractivity contribution in [3.63, 3.8) is 0 Å². The lowest BCUT2D eigenvalue weighted by molar-refractivity contribution is -0.128. The fraction of sp³-hybridized carbons (Fsp3) is 0.333. The van der Waals surface area contributed by atoms with Crippen LogP contribution in [0.3, 0.4) is 0 Å². The molecule has 2 saturated heterocycles. The van der Waals surface area contributed by atoms with Crippen molar-refractivity contribution in [3.8, 4) is 5.75 Å². The molecule has 0 aliphatic carbocycles. The van der Waals surface area contributed by atoms with E-state index in [4.69, 9.17) is 9.47 Å². The maximum atomic E-state index is 13.9. The van der Waals surface area contributed by atoms with Gasteiger partial charge in [-0.05, 0) is 48.9 Å². The van der Waals surface area contributed by atoms with Gasteiger partial charge in [0.25, 0.3) is 11.8 Å². The third-order valence-electron chi connectivity index (χ3n) is 7.39. The van der Waals surface area contributed by atoms with Gasteiger partial charge < -0.3 is 19.7 Å². The first-order chi connectivity index (χ1) is 18.9. The molecule has 5 rings (SSSR count). The zero-order valence-corrected chi connectivity index (χ0v) is 22.1. The van der Waals surface area contributed by atoms with E-state index in [0.717, 1.165) is 11.1 Å². The van der Waals surface area contributed by atoms with E-state index >= 15 is 0 Å². The lowest BCUT2D eigenvalue weighted by atomic mass is 9.95. The Morgan fingerprint density at radius 2 is 1.77 bits per heavy atom. The van der Waals surface area contributed by atoms with Crippen LogP contribution in [0, 0.1) is 6.92 Å². The summed E-state index contributed by atoms with van der Waals surface area (Å²) in [6, 6.07) is 17.3. The molecule has 2 aliphatic rings. The second-order valence-electron chi connectivity index (χ2n) is 9.92. The first-order valence-corrected chi connectivity index (χ1v) is 13.0. The van der Waals surface area contributed by atoms with Gasteiger partial charge in [0.05, 0.1) is 13.7 Å². The number of aryl methyl sites for hydroxylation is 1. The number of amides is 3. The Labute approximate surface area is 227 Å². The van der Waals surface area contributed by atoms with Crippen LogP contribution in [0.25, 0.3) is 0 Å². The molecule has 1 unspecified atom stereocenters. The van der Waals surface area contributed by atoms with Gasteiger partial charge in [-0.3, -0.25) is 24.3 Å². The molecule has 2 aliphatic heterocycles. The summed E-state index contributed by atoms with van der Waals surface area (Å²) in [5.74, 6) is -0.0375. The number of likely N-dealkylation sites (tertiary alicyclic amines) is 1. The minimum Gasteiger partial charge on any atom is -0.497 e. The largest absolute Gasteiger partial charge is 0.497 e. The van der Waals surface area contributed by atoms with Gasteiger partial charge in [-0.15, -0.1) is 0 Å². The first-order valence-electron chi connectivity index (χ1n) is 13.0. The van der Waals surface area contributed by atoms with Crippen molar-refractivity contribution >= 4 is 17.7 Å². The number of aromatic nitrogens is 1. The van der Waals surface area contributed by atoms with E-state index in [0.29, 0.717) is 49.4 Å². The number of rotatable bonds is 6. The fourth-order valence-corrected chi connectivity index (χ4v) is 5.29. The molecule has 202 valence electrons. The van der Waals surface area contributed by atoms with Gasteiger partial charge in [-0.25, -0.2) is 0 Å². The van der Waals surface area contributed by atoms with Gasteiger partial charge in [-0.1, -0.05) is 29.8 Å². The van der Waals surface area contributed by atoms with Crippen LogP contribution in [0.15, 0.2) is 73.1 Å². The van der Waals surface area contributed by atoms with Gasteiger partial charge in [0.15, 0.2) is 0 Å². The maximum absolute atomic E-state index is 13.9. The van der Waals surface area contributed by atoms with Crippen molar-refractivity contribution in [2.24, 2.45) is 0 Å². The number of nitrogens with one attached hydrogen (secondary N) is 1. The van der Waals surface area contributed by atoms with Gasteiger partial charge in [0.2, 0.25) is 5.91 Å². The number of ether oxygens (including phenoxy) is 2. The van der Waals surface area contributed by atoms with Crippen LogP contribution in [0.1, 0.15) is 44.7 Å². The minimum atomic E-state index is -0.984. The van der Waals surface area contributed by atoms with Crippen LogP contribution in [0.4, 0.5) is 0 Å². The van der Waals surface area contributed by atoms with Crippen molar-refractivity contribution < 1.29 is 23.9 Å². The van der Waals surface area contributed by atoms with Crippen molar-refractivity contribution in [3.05, 3.63) is 95.3 Å². The molecular weight excluding hydrogens is 496 g/mol. The molecule has 1 spiro atoms. The molecule has 3 aromatic rings. The molecule has 0 bridgehead atoms. The quantitative estimate of drug-likeness (QED) is 0.528. The summed E-state index contributed by atoms with van der Waals surface area (Å²) in [6.07, 6.45) is 4.16. The molecular formula is C30H32N4O5. The van der Waals surface area contributed by atoms with Crippen LogP contribution in [-0.4, -0.2) is 71.1 Å². The summed E-state index contributed by atoms with van der Waals surface area (Å²) in [4.78, 5) is 48.0. The van der Waals surface area contributed by atoms with E-state index in [2.05, 4.69) is 10.3 Å². The van der Waals surface area contributed by atoms with Gasteiger partial charge >= 0.3 is 0 Å². The number of piperidine rings is 1. The number of nitrogens with zero attached hydrogens (tertiary/aromatic N) is 3. The molecule has 1 atom stereocenters. The number of carbonyl (C=O) groups is 3. The Morgan fingerprint density at radius 1 is 1.03 bits per heavy atom. The van der Waals surface area contributed by atoms with Crippen molar-refractivity contribution in [1.29, 1.82) is 0 Å². The Balaban J connectivity index is 1.36. The zero-order valence-electron chi connectivity index (χ0n) is 22.1. The van der Waals surface area contributed by atoms with Crippen LogP contribution in [0.2, 0.25) is 0 Å². The Kier molecular flexibility index (Phi) is 7.60. The molecule has 2 fully saturated rings. The predicted molar refractivity (Wildman–Crippen MR) is 144 cm³/mol. The van der Waals surface area contributed by atoms with E-state index in [9.17, 15) is 14.4 Å². The second-order valence-corrected chi connectivity index (χ2v) is 9.92. The molecule has 3 amide bonds. The molecule has 0 saturated carbocycles. The number of methoxy groups -OCH3 is 1. The summed E-state index contributed by atoms with van der Waals surface area (Å²) in [6.45, 7) is 3.08. The monoisotopic (exact) mass is 528 g/mol. The Morgan fingerprint density at radius 3 is 2.46 bits per heavy atom. The van der Waals surface area contributed by atoms with Crippen LogP contribution >= 0.6 is 0 Å². The highest BCUT2D eigenvalue weighted by Gasteiger charge is 2.54. The van der Waals surface area contributed by atoms with E-state index in [-0.39, 0.29) is 24.3 Å². The summed E-state index contributed by atoms with van der Waals surface area (Å²) in [5, 5.41) is 2.94. The average molecular weight is 529 g/mol. The molecule has 1 aromatic heterocycles. The lowest BCUT2D eigenvalue weighted by Gasteiger charge is -2.44. The van der Waals surface area contributed by atoms with Crippen LogP contribution in [-0.2, 0) is 16.1 Å². The standard InChI is InChI=1S/C30H32N4O5/c1-21-6-3-8-23(16-21)29(37)34-26(27(35)32-19-22-7-5-13-31-18-22)20-39-30(34)11-14-33(15-12-30)28(36)24-9-4-10-25(17-24)38-2/h3-10,13,16-18,26H,11-12,14-15,19-20H2,1-2H3,(H,32,35). The van der Waals surface area contributed by atoms with E-state index in [1.807, 2.05) is 37.3 Å². The summed E-state index contributed by atoms with van der Waals surface area (Å²) in [5.41, 5.74) is 1.87. The average Bonchev–Trinajstić information content (AvgIpc) is 3.34. The van der Waals surface area contributed by atoms with Gasteiger partial charge in [0.1, 0.15) is 17.5 Å². The minimum absolute atomic E-state index is 0.0836. The SMILES string of the molecule is COc1cccc(C(=O)N2CCC3(CC2)OCC(C(=O)NCc2cccnc2)N3C(=O)c2cccc(C)c2)c1. The first kappa shape index (κ1) is 26.4. The van der Waals surface area contributed by atoms with E-state index in [1.54, 1.807) is 59.6 Å². The number of pyridine rings is 1. The normalized spacial score (nSPS) is 18.2. The lowest BCUT2D eigenvalue weighted by Crippen LogP contribution is -2.59.